The Labute approximate surface area is 240 Å². The Morgan fingerprint density at radius 1 is 0.897 bits per heavy atom. The second-order valence-electron chi connectivity index (χ2n) is 9.75. The van der Waals surface area contributed by atoms with Gasteiger partial charge in [-0.05, 0) is 67.3 Å². The monoisotopic (exact) mass is 589 g/mol. The van der Waals surface area contributed by atoms with E-state index in [-0.39, 0.29) is 23.3 Å². The summed E-state index contributed by atoms with van der Waals surface area (Å²) in [6.07, 6.45) is 0. The highest BCUT2D eigenvalue weighted by atomic mass is 35.5. The van der Waals surface area contributed by atoms with Crippen molar-refractivity contribution >= 4 is 50.7 Å². The summed E-state index contributed by atoms with van der Waals surface area (Å²) in [5, 5.41) is 3.53. The van der Waals surface area contributed by atoms with Gasteiger partial charge in [0.05, 0.1) is 20.6 Å². The molecule has 0 aliphatic heterocycles. The number of carbonyl (C=O) groups is 2. The van der Waals surface area contributed by atoms with Gasteiger partial charge in [-0.25, -0.2) is 8.42 Å². The van der Waals surface area contributed by atoms with Crippen molar-refractivity contribution in [2.24, 2.45) is 5.92 Å². The lowest BCUT2D eigenvalue weighted by atomic mass is 10.1. The number of sulfonamides is 1. The maximum absolute atomic E-state index is 13.9. The quantitative estimate of drug-likeness (QED) is 0.311. The average molecular weight is 591 g/mol. The fraction of sp³-hybridized carbons (Fsp3) is 0.310. The fourth-order valence-corrected chi connectivity index (χ4v) is 5.65. The molecule has 0 heterocycles. The van der Waals surface area contributed by atoms with E-state index >= 15 is 0 Å². The van der Waals surface area contributed by atoms with Crippen LogP contribution in [0.3, 0.4) is 0 Å². The molecule has 1 atom stereocenters. The molecule has 39 heavy (non-hydrogen) atoms. The maximum Gasteiger partial charge on any atom is 0.264 e. The van der Waals surface area contributed by atoms with Crippen LogP contribution in [0.4, 0.5) is 5.69 Å². The van der Waals surface area contributed by atoms with E-state index < -0.39 is 28.5 Å². The smallest absolute Gasteiger partial charge is 0.264 e. The van der Waals surface area contributed by atoms with Gasteiger partial charge in [-0.1, -0.05) is 73.4 Å². The number of rotatable bonds is 11. The maximum atomic E-state index is 13.9. The molecule has 0 spiro atoms. The minimum absolute atomic E-state index is 0.0268. The molecule has 3 rings (SSSR count). The van der Waals surface area contributed by atoms with E-state index in [4.69, 9.17) is 23.2 Å². The van der Waals surface area contributed by atoms with Crippen LogP contribution in [0.2, 0.25) is 10.0 Å². The molecule has 208 valence electrons. The summed E-state index contributed by atoms with van der Waals surface area (Å²) >= 11 is 12.3. The zero-order valence-electron chi connectivity index (χ0n) is 22.4. The Bertz CT molecular complexity index is 1420. The first-order chi connectivity index (χ1) is 18.4. The molecule has 0 fully saturated rings. The molecule has 0 aliphatic rings. The fourth-order valence-electron chi connectivity index (χ4n) is 3.90. The van der Waals surface area contributed by atoms with Gasteiger partial charge in [-0.3, -0.25) is 13.9 Å². The van der Waals surface area contributed by atoms with Crippen LogP contribution in [0.25, 0.3) is 0 Å². The summed E-state index contributed by atoms with van der Waals surface area (Å²) in [5.41, 5.74) is 1.83. The van der Waals surface area contributed by atoms with Crippen molar-refractivity contribution in [1.82, 2.24) is 10.2 Å². The number of amides is 2. The van der Waals surface area contributed by atoms with E-state index in [0.717, 1.165) is 9.87 Å². The number of carbonyl (C=O) groups excluding carboxylic acids is 2. The number of hydrogen-bond donors (Lipinski definition) is 1. The van der Waals surface area contributed by atoms with E-state index in [1.807, 2.05) is 26.8 Å². The van der Waals surface area contributed by atoms with Crippen molar-refractivity contribution in [3.63, 3.8) is 0 Å². The largest absolute Gasteiger partial charge is 0.354 e. The molecule has 2 amide bonds. The Balaban J connectivity index is 2.01. The third-order valence-corrected chi connectivity index (χ3v) is 8.62. The molecule has 0 saturated carbocycles. The molecule has 7 nitrogen and oxygen atoms in total. The average Bonchev–Trinajstić information content (AvgIpc) is 2.90. The molecule has 0 bridgehead atoms. The number of aryl methyl sites for hydroxylation is 1. The van der Waals surface area contributed by atoms with Crippen molar-refractivity contribution in [3.05, 3.63) is 94.0 Å². The Morgan fingerprint density at radius 3 is 2.21 bits per heavy atom. The van der Waals surface area contributed by atoms with Crippen molar-refractivity contribution in [3.8, 4) is 0 Å². The second kappa shape index (κ2) is 13.3. The molecule has 0 saturated heterocycles. The van der Waals surface area contributed by atoms with Gasteiger partial charge in [0.15, 0.2) is 0 Å². The summed E-state index contributed by atoms with van der Waals surface area (Å²) in [6.45, 7) is 7.36. The summed E-state index contributed by atoms with van der Waals surface area (Å²) in [5.74, 6) is -0.674. The van der Waals surface area contributed by atoms with Crippen LogP contribution in [0.5, 0.6) is 0 Å². The molecule has 3 aromatic rings. The van der Waals surface area contributed by atoms with Gasteiger partial charge in [0.1, 0.15) is 12.6 Å². The first-order valence-corrected chi connectivity index (χ1v) is 14.7. The lowest BCUT2D eigenvalue weighted by molar-refractivity contribution is -0.139. The standard InChI is InChI=1S/C29H33Cl2N3O4S/c1-20(2)17-32-29(36)22(4)33(18-23-13-14-26(30)27(31)16-23)28(35)19-34(24-10-8-9-21(3)15-24)39(37,38)25-11-6-5-7-12-25/h5-16,20,22H,17-19H2,1-4H3,(H,32,36). The Hall–Kier alpha value is -3.07. The summed E-state index contributed by atoms with van der Waals surface area (Å²) in [6, 6.07) is 18.9. The summed E-state index contributed by atoms with van der Waals surface area (Å²) in [7, 11) is -4.11. The van der Waals surface area contributed by atoms with Crippen LogP contribution in [-0.4, -0.2) is 44.3 Å². The predicted molar refractivity (Wildman–Crippen MR) is 156 cm³/mol. The number of benzene rings is 3. The van der Waals surface area contributed by atoms with E-state index in [9.17, 15) is 18.0 Å². The zero-order valence-corrected chi connectivity index (χ0v) is 24.7. The minimum Gasteiger partial charge on any atom is -0.354 e. The molecule has 3 aromatic carbocycles. The first-order valence-electron chi connectivity index (χ1n) is 12.6. The second-order valence-corrected chi connectivity index (χ2v) is 12.4. The highest BCUT2D eigenvalue weighted by Gasteiger charge is 2.32. The van der Waals surface area contributed by atoms with Gasteiger partial charge in [0.25, 0.3) is 10.0 Å². The number of nitrogens with one attached hydrogen (secondary N) is 1. The third-order valence-electron chi connectivity index (χ3n) is 6.09. The van der Waals surface area contributed by atoms with Crippen LogP contribution >= 0.6 is 23.2 Å². The van der Waals surface area contributed by atoms with E-state index in [0.29, 0.717) is 27.8 Å². The number of halogens is 2. The van der Waals surface area contributed by atoms with Crippen LogP contribution in [0, 0.1) is 12.8 Å². The lowest BCUT2D eigenvalue weighted by Crippen LogP contribution is -2.51. The highest BCUT2D eigenvalue weighted by Crippen LogP contribution is 2.26. The van der Waals surface area contributed by atoms with Gasteiger partial charge in [0, 0.05) is 13.1 Å². The minimum atomic E-state index is -4.11. The molecule has 1 N–H and O–H groups in total. The third kappa shape index (κ3) is 7.97. The van der Waals surface area contributed by atoms with Gasteiger partial charge >= 0.3 is 0 Å². The molecular formula is C29H33Cl2N3O4S. The van der Waals surface area contributed by atoms with Crippen LogP contribution < -0.4 is 9.62 Å². The summed E-state index contributed by atoms with van der Waals surface area (Å²) in [4.78, 5) is 28.4. The van der Waals surface area contributed by atoms with E-state index in [1.165, 1.54) is 17.0 Å². The van der Waals surface area contributed by atoms with Crippen molar-refractivity contribution in [2.75, 3.05) is 17.4 Å². The van der Waals surface area contributed by atoms with Gasteiger partial charge in [-0.15, -0.1) is 0 Å². The predicted octanol–water partition coefficient (Wildman–Crippen LogP) is 5.69. The number of hydrogen-bond acceptors (Lipinski definition) is 4. The van der Waals surface area contributed by atoms with Crippen molar-refractivity contribution in [1.29, 1.82) is 0 Å². The first kappa shape index (κ1) is 30.5. The van der Waals surface area contributed by atoms with Crippen LogP contribution in [0.1, 0.15) is 31.9 Å². The van der Waals surface area contributed by atoms with Crippen LogP contribution in [-0.2, 0) is 26.2 Å². The van der Waals surface area contributed by atoms with Gasteiger partial charge < -0.3 is 10.2 Å². The van der Waals surface area contributed by atoms with E-state index in [2.05, 4.69) is 5.32 Å². The number of anilines is 1. The Kier molecular flexibility index (Phi) is 10.4. The topological polar surface area (TPSA) is 86.8 Å². The highest BCUT2D eigenvalue weighted by molar-refractivity contribution is 7.92. The molecule has 1 unspecified atom stereocenters. The SMILES string of the molecule is Cc1cccc(N(CC(=O)N(Cc2ccc(Cl)c(Cl)c2)C(C)C(=O)NCC(C)C)S(=O)(=O)c2ccccc2)c1. The van der Waals surface area contributed by atoms with Crippen molar-refractivity contribution < 1.29 is 18.0 Å². The molecule has 0 aromatic heterocycles. The Morgan fingerprint density at radius 2 is 1.59 bits per heavy atom. The zero-order chi connectivity index (χ0) is 28.7. The van der Waals surface area contributed by atoms with Crippen LogP contribution in [0.15, 0.2) is 77.7 Å². The molecule has 0 aliphatic carbocycles. The molecule has 10 heteroatoms. The van der Waals surface area contributed by atoms with Crippen molar-refractivity contribution in [2.45, 2.75) is 45.2 Å². The normalized spacial score (nSPS) is 12.2. The lowest BCUT2D eigenvalue weighted by Gasteiger charge is -2.32. The summed E-state index contributed by atoms with van der Waals surface area (Å²) < 4.78 is 28.6. The molecule has 0 radical (unpaired) electrons. The number of nitrogens with zero attached hydrogens (tertiary/aromatic N) is 2. The molecular weight excluding hydrogens is 557 g/mol. The van der Waals surface area contributed by atoms with E-state index in [1.54, 1.807) is 61.5 Å². The van der Waals surface area contributed by atoms with Gasteiger partial charge in [0.2, 0.25) is 11.8 Å². The van der Waals surface area contributed by atoms with Gasteiger partial charge in [-0.2, -0.15) is 0 Å².